The Morgan fingerprint density at radius 1 is 1.42 bits per heavy atom. The lowest BCUT2D eigenvalue weighted by Crippen LogP contribution is -2.51. The lowest BCUT2D eigenvalue weighted by atomic mass is 9.86. The van der Waals surface area contributed by atoms with Gasteiger partial charge >= 0.3 is 0 Å². The molecular weight excluding hydrogens is 160 g/mol. The number of piperidine rings is 1. The van der Waals surface area contributed by atoms with Crippen LogP contribution in [0.4, 0.5) is 8.78 Å². The van der Waals surface area contributed by atoms with Crippen molar-refractivity contribution in [3.8, 4) is 0 Å². The number of nitrogens with one attached hydrogen (secondary N) is 1. The molecule has 0 saturated carbocycles. The van der Waals surface area contributed by atoms with Gasteiger partial charge in [0.05, 0.1) is 0 Å². The van der Waals surface area contributed by atoms with E-state index >= 15 is 0 Å². The van der Waals surface area contributed by atoms with Gasteiger partial charge in [0.15, 0.2) is 0 Å². The number of fused-ring (bicyclic) bond motifs is 2. The maximum absolute atomic E-state index is 13.4. The fourth-order valence-corrected chi connectivity index (χ4v) is 2.69. The van der Waals surface area contributed by atoms with E-state index < -0.39 is 11.8 Å². The quantitative estimate of drug-likeness (QED) is 0.644. The van der Waals surface area contributed by atoms with E-state index in [1.54, 1.807) is 0 Å². The van der Waals surface area contributed by atoms with E-state index in [-0.39, 0.29) is 18.5 Å². The highest BCUT2D eigenvalue weighted by atomic mass is 19.3. The maximum Gasteiger partial charge on any atom is 0.253 e. The van der Waals surface area contributed by atoms with Crippen molar-refractivity contribution in [2.45, 2.75) is 50.6 Å². The summed E-state index contributed by atoms with van der Waals surface area (Å²) in [6.07, 6.45) is 2.54. The fraction of sp³-hybridized carbons (Fsp3) is 1.00. The third kappa shape index (κ3) is 1.15. The largest absolute Gasteiger partial charge is 0.311 e. The Morgan fingerprint density at radius 2 is 2.17 bits per heavy atom. The molecule has 0 aromatic heterocycles. The van der Waals surface area contributed by atoms with Crippen LogP contribution in [-0.2, 0) is 0 Å². The molecule has 0 aromatic carbocycles. The van der Waals surface area contributed by atoms with Gasteiger partial charge in [0.2, 0.25) is 0 Å². The molecule has 2 bridgehead atoms. The second-order valence-electron chi connectivity index (χ2n) is 4.03. The Hall–Kier alpha value is -0.180. The summed E-state index contributed by atoms with van der Waals surface area (Å²) in [5.74, 6) is -2.83. The zero-order chi connectivity index (χ0) is 8.77. The number of alkyl halides is 2. The van der Waals surface area contributed by atoms with Gasteiger partial charge in [-0.05, 0) is 19.3 Å². The van der Waals surface area contributed by atoms with Crippen LogP contribution in [0.5, 0.6) is 0 Å². The van der Waals surface area contributed by atoms with Crippen molar-refractivity contribution in [2.24, 2.45) is 5.92 Å². The highest BCUT2D eigenvalue weighted by Gasteiger charge is 2.51. The van der Waals surface area contributed by atoms with Gasteiger partial charge in [0.25, 0.3) is 5.92 Å². The summed E-state index contributed by atoms with van der Waals surface area (Å²) >= 11 is 0. The van der Waals surface area contributed by atoms with Gasteiger partial charge in [0, 0.05) is 24.4 Å². The summed E-state index contributed by atoms with van der Waals surface area (Å²) < 4.78 is 26.7. The Bertz CT molecular complexity index is 181. The highest BCUT2D eigenvalue weighted by Crippen LogP contribution is 2.43. The first-order chi connectivity index (χ1) is 5.63. The number of hydrogen-bond acceptors (Lipinski definition) is 1. The summed E-state index contributed by atoms with van der Waals surface area (Å²) in [6, 6.07) is 0.177. The first kappa shape index (κ1) is 8.42. The van der Waals surface area contributed by atoms with Crippen LogP contribution in [0.1, 0.15) is 32.6 Å². The molecule has 0 aromatic rings. The molecule has 2 heterocycles. The minimum Gasteiger partial charge on any atom is -0.311 e. The molecule has 3 heteroatoms. The standard InChI is InChI=1S/C9H15F2N/c1-2-7-8-4-3-6(12-8)5-9(7,10)11/h6-8,12H,2-5H2,1H3. The second kappa shape index (κ2) is 2.66. The predicted molar refractivity (Wildman–Crippen MR) is 43.3 cm³/mol. The predicted octanol–water partition coefficient (Wildman–Crippen LogP) is 2.17. The zero-order valence-electron chi connectivity index (χ0n) is 7.32. The average molecular weight is 175 g/mol. The molecule has 1 N–H and O–H groups in total. The van der Waals surface area contributed by atoms with Gasteiger partial charge in [-0.25, -0.2) is 8.78 Å². The van der Waals surface area contributed by atoms with Gasteiger partial charge in [-0.1, -0.05) is 6.92 Å². The molecule has 1 nitrogen and oxygen atoms in total. The lowest BCUT2D eigenvalue weighted by Gasteiger charge is -2.36. The van der Waals surface area contributed by atoms with E-state index in [1.165, 1.54) is 0 Å². The molecule has 2 saturated heterocycles. The molecule has 2 fully saturated rings. The van der Waals surface area contributed by atoms with Gasteiger partial charge in [-0.15, -0.1) is 0 Å². The molecule has 0 radical (unpaired) electrons. The molecule has 3 unspecified atom stereocenters. The summed E-state index contributed by atoms with van der Waals surface area (Å²) in [7, 11) is 0. The van der Waals surface area contributed by atoms with Crippen LogP contribution in [0.25, 0.3) is 0 Å². The molecule has 2 rings (SSSR count). The molecule has 70 valence electrons. The van der Waals surface area contributed by atoms with Gasteiger partial charge in [-0.2, -0.15) is 0 Å². The van der Waals surface area contributed by atoms with Crippen LogP contribution in [0.3, 0.4) is 0 Å². The molecule has 0 aliphatic carbocycles. The topological polar surface area (TPSA) is 12.0 Å². The smallest absolute Gasteiger partial charge is 0.253 e. The molecule has 2 aliphatic heterocycles. The van der Waals surface area contributed by atoms with E-state index in [0.29, 0.717) is 6.42 Å². The average Bonchev–Trinajstić information content (AvgIpc) is 2.32. The monoisotopic (exact) mass is 175 g/mol. The SMILES string of the molecule is CCC1C2CCC(CC1(F)F)N2. The highest BCUT2D eigenvalue weighted by molar-refractivity contribution is 5.00. The van der Waals surface area contributed by atoms with Crippen molar-refractivity contribution in [2.75, 3.05) is 0 Å². The van der Waals surface area contributed by atoms with Crippen molar-refractivity contribution < 1.29 is 8.78 Å². The van der Waals surface area contributed by atoms with E-state index in [2.05, 4.69) is 5.32 Å². The Balaban J connectivity index is 2.17. The summed E-state index contributed by atoms with van der Waals surface area (Å²) in [5.41, 5.74) is 0. The molecular formula is C9H15F2N. The first-order valence-electron chi connectivity index (χ1n) is 4.77. The maximum atomic E-state index is 13.4. The molecule has 12 heavy (non-hydrogen) atoms. The molecule has 0 amide bonds. The third-order valence-corrected chi connectivity index (χ3v) is 3.26. The van der Waals surface area contributed by atoms with Crippen LogP contribution in [-0.4, -0.2) is 18.0 Å². The van der Waals surface area contributed by atoms with E-state index in [0.717, 1.165) is 12.8 Å². The Labute approximate surface area is 71.5 Å². The summed E-state index contributed by atoms with van der Waals surface area (Å²) in [5, 5.41) is 3.27. The van der Waals surface area contributed by atoms with Crippen LogP contribution in [0.15, 0.2) is 0 Å². The molecule has 0 spiro atoms. The van der Waals surface area contributed by atoms with E-state index in [9.17, 15) is 8.78 Å². The van der Waals surface area contributed by atoms with Crippen LogP contribution in [0, 0.1) is 5.92 Å². The lowest BCUT2D eigenvalue weighted by molar-refractivity contribution is -0.0968. The van der Waals surface area contributed by atoms with Crippen LogP contribution in [0.2, 0.25) is 0 Å². The summed E-state index contributed by atoms with van der Waals surface area (Å²) in [6.45, 7) is 1.86. The first-order valence-corrected chi connectivity index (χ1v) is 4.77. The van der Waals surface area contributed by atoms with E-state index in [1.807, 2.05) is 6.92 Å². The normalized spacial score (nSPS) is 44.8. The van der Waals surface area contributed by atoms with E-state index in [4.69, 9.17) is 0 Å². The second-order valence-corrected chi connectivity index (χ2v) is 4.03. The van der Waals surface area contributed by atoms with Crippen LogP contribution < -0.4 is 5.32 Å². The van der Waals surface area contributed by atoms with Crippen molar-refractivity contribution in [3.63, 3.8) is 0 Å². The molecule has 2 aliphatic rings. The van der Waals surface area contributed by atoms with Crippen molar-refractivity contribution in [1.82, 2.24) is 5.32 Å². The zero-order valence-corrected chi connectivity index (χ0v) is 7.32. The minimum atomic E-state index is -2.41. The fourth-order valence-electron chi connectivity index (χ4n) is 2.69. The van der Waals surface area contributed by atoms with Crippen molar-refractivity contribution in [3.05, 3.63) is 0 Å². The van der Waals surface area contributed by atoms with Gasteiger partial charge in [0.1, 0.15) is 0 Å². The minimum absolute atomic E-state index is 0.0575. The van der Waals surface area contributed by atoms with Gasteiger partial charge in [-0.3, -0.25) is 0 Å². The van der Waals surface area contributed by atoms with Crippen molar-refractivity contribution in [1.29, 1.82) is 0 Å². The molecule has 3 atom stereocenters. The van der Waals surface area contributed by atoms with Crippen molar-refractivity contribution >= 4 is 0 Å². The number of rotatable bonds is 1. The van der Waals surface area contributed by atoms with Crippen LogP contribution >= 0.6 is 0 Å². The number of halogens is 2. The Kier molecular flexibility index (Phi) is 1.86. The Morgan fingerprint density at radius 3 is 2.83 bits per heavy atom. The number of hydrogen-bond donors (Lipinski definition) is 1. The summed E-state index contributed by atoms with van der Waals surface area (Å²) in [4.78, 5) is 0. The van der Waals surface area contributed by atoms with Gasteiger partial charge < -0.3 is 5.32 Å². The third-order valence-electron chi connectivity index (χ3n) is 3.26.